The molecule has 0 N–H and O–H groups in total. The summed E-state index contributed by atoms with van der Waals surface area (Å²) in [5.41, 5.74) is 1.11. The Morgan fingerprint density at radius 1 is 0.875 bits per heavy atom. The Bertz CT molecular complexity index is 157. The van der Waals surface area contributed by atoms with Crippen molar-refractivity contribution < 1.29 is 0 Å². The number of rotatable bonds is 2. The largest absolute Gasteiger partial charge is 0.0628 e. The normalized spacial score (nSPS) is 17.1. The molecule has 0 amide bonds. The van der Waals surface area contributed by atoms with Crippen molar-refractivity contribution in [1.29, 1.82) is 0 Å². The van der Waals surface area contributed by atoms with Crippen LogP contribution in [-0.2, 0) is 0 Å². The molecular formula is C16H34. The third-order valence-corrected chi connectivity index (χ3v) is 2.62. The van der Waals surface area contributed by atoms with E-state index in [1.54, 1.807) is 0 Å². The first-order valence-corrected chi connectivity index (χ1v) is 6.99. The van der Waals surface area contributed by atoms with Crippen LogP contribution in [0.3, 0.4) is 0 Å². The average Bonchev–Trinajstić information content (AvgIpc) is 2.61. The van der Waals surface area contributed by atoms with E-state index in [1.807, 2.05) is 0 Å². The fourth-order valence-electron chi connectivity index (χ4n) is 2.41. The van der Waals surface area contributed by atoms with Gasteiger partial charge in [-0.15, -0.1) is 0 Å². The molecule has 1 rings (SSSR count). The Labute approximate surface area is 104 Å². The molecule has 0 aromatic heterocycles. The molecule has 0 heterocycles. The highest BCUT2D eigenvalue weighted by atomic mass is 14.3. The fourth-order valence-corrected chi connectivity index (χ4v) is 2.41. The van der Waals surface area contributed by atoms with E-state index >= 15 is 0 Å². The molecule has 1 fully saturated rings. The lowest BCUT2D eigenvalue weighted by atomic mass is 9.86. The summed E-state index contributed by atoms with van der Waals surface area (Å²) < 4.78 is 0. The molecule has 0 nitrogen and oxygen atoms in total. The Morgan fingerprint density at radius 2 is 1.31 bits per heavy atom. The van der Waals surface area contributed by atoms with Crippen LogP contribution in [0.4, 0.5) is 0 Å². The van der Waals surface area contributed by atoms with Gasteiger partial charge in [-0.3, -0.25) is 0 Å². The summed E-state index contributed by atoms with van der Waals surface area (Å²) in [6, 6.07) is 0. The maximum Gasteiger partial charge on any atom is -0.0380 e. The Hall–Kier alpha value is 0. The van der Waals surface area contributed by atoms with E-state index in [-0.39, 0.29) is 0 Å². The molecule has 0 aromatic carbocycles. The lowest BCUT2D eigenvalue weighted by molar-refractivity contribution is 0.320. The highest BCUT2D eigenvalue weighted by molar-refractivity contribution is 4.78. The lowest BCUT2D eigenvalue weighted by Gasteiger charge is -2.19. The standard InChI is InChI=1S/C8H16.C8H18/c1-8(2,3)6-7-4-5-7;1-7(2)6-8(3,4)5/h7H,4-6H2,1-3H3;7H,6H2,1-5H3. The molecule has 0 radical (unpaired) electrons. The van der Waals surface area contributed by atoms with E-state index in [9.17, 15) is 0 Å². The monoisotopic (exact) mass is 226 g/mol. The van der Waals surface area contributed by atoms with Crippen molar-refractivity contribution in [1.82, 2.24) is 0 Å². The van der Waals surface area contributed by atoms with Gasteiger partial charge in [0, 0.05) is 0 Å². The van der Waals surface area contributed by atoms with Gasteiger partial charge in [-0.25, -0.2) is 0 Å². The first-order valence-electron chi connectivity index (χ1n) is 6.99. The van der Waals surface area contributed by atoms with Gasteiger partial charge in [-0.05, 0) is 35.5 Å². The molecule has 16 heavy (non-hydrogen) atoms. The molecular weight excluding hydrogens is 192 g/mol. The Kier molecular flexibility index (Phi) is 6.07. The summed E-state index contributed by atoms with van der Waals surface area (Å²) in [5, 5.41) is 0. The van der Waals surface area contributed by atoms with Gasteiger partial charge in [0.25, 0.3) is 0 Å². The smallest absolute Gasteiger partial charge is 0.0380 e. The van der Waals surface area contributed by atoms with Gasteiger partial charge in [-0.2, -0.15) is 0 Å². The molecule has 98 valence electrons. The summed E-state index contributed by atoms with van der Waals surface area (Å²) in [7, 11) is 0. The van der Waals surface area contributed by atoms with E-state index in [1.165, 1.54) is 25.7 Å². The van der Waals surface area contributed by atoms with Crippen LogP contribution < -0.4 is 0 Å². The van der Waals surface area contributed by atoms with E-state index in [2.05, 4.69) is 55.4 Å². The predicted octanol–water partition coefficient (Wildman–Crippen LogP) is 5.91. The summed E-state index contributed by atoms with van der Waals surface area (Å²) in [4.78, 5) is 0. The van der Waals surface area contributed by atoms with E-state index in [4.69, 9.17) is 0 Å². The van der Waals surface area contributed by atoms with Crippen molar-refractivity contribution in [2.75, 3.05) is 0 Å². The highest BCUT2D eigenvalue weighted by Crippen LogP contribution is 2.39. The molecule has 0 unspecified atom stereocenters. The van der Waals surface area contributed by atoms with Crippen LogP contribution in [-0.4, -0.2) is 0 Å². The SMILES string of the molecule is CC(C)(C)CC1CC1.CC(C)CC(C)(C)C. The predicted molar refractivity (Wildman–Crippen MR) is 75.7 cm³/mol. The summed E-state index contributed by atoms with van der Waals surface area (Å²) in [6.45, 7) is 18.4. The van der Waals surface area contributed by atoms with Crippen LogP contribution >= 0.6 is 0 Å². The molecule has 1 aliphatic carbocycles. The maximum absolute atomic E-state index is 2.32. The lowest BCUT2D eigenvalue weighted by Crippen LogP contribution is -2.08. The fraction of sp³-hybridized carbons (Fsp3) is 1.00. The van der Waals surface area contributed by atoms with Gasteiger partial charge in [0.2, 0.25) is 0 Å². The summed E-state index contributed by atoms with van der Waals surface area (Å²) >= 11 is 0. The second-order valence-electron chi connectivity index (χ2n) is 8.37. The maximum atomic E-state index is 2.32. The minimum Gasteiger partial charge on any atom is -0.0628 e. The minimum atomic E-state index is 0.522. The van der Waals surface area contributed by atoms with E-state index in [0.717, 1.165) is 11.8 Å². The van der Waals surface area contributed by atoms with Crippen LogP contribution in [0.2, 0.25) is 0 Å². The van der Waals surface area contributed by atoms with E-state index < -0.39 is 0 Å². The van der Waals surface area contributed by atoms with Crippen LogP contribution in [0.25, 0.3) is 0 Å². The van der Waals surface area contributed by atoms with Crippen molar-refractivity contribution in [3.8, 4) is 0 Å². The van der Waals surface area contributed by atoms with Gasteiger partial charge < -0.3 is 0 Å². The molecule has 0 spiro atoms. The third-order valence-electron chi connectivity index (χ3n) is 2.62. The molecule has 0 aromatic rings. The second-order valence-corrected chi connectivity index (χ2v) is 8.37. The van der Waals surface area contributed by atoms with E-state index in [0.29, 0.717) is 10.8 Å². The third kappa shape index (κ3) is 14.0. The molecule has 1 aliphatic rings. The van der Waals surface area contributed by atoms with Gasteiger partial charge in [-0.1, -0.05) is 68.2 Å². The average molecular weight is 226 g/mol. The van der Waals surface area contributed by atoms with Crippen molar-refractivity contribution in [3.05, 3.63) is 0 Å². The molecule has 0 bridgehead atoms. The van der Waals surface area contributed by atoms with Gasteiger partial charge in [0.05, 0.1) is 0 Å². The Morgan fingerprint density at radius 3 is 1.38 bits per heavy atom. The summed E-state index contributed by atoms with van der Waals surface area (Å²) in [5.74, 6) is 1.94. The van der Waals surface area contributed by atoms with Crippen molar-refractivity contribution in [3.63, 3.8) is 0 Å². The van der Waals surface area contributed by atoms with Crippen LogP contribution in [0.5, 0.6) is 0 Å². The first-order chi connectivity index (χ1) is 6.99. The molecule has 0 heteroatoms. The minimum absolute atomic E-state index is 0.522. The first kappa shape index (κ1) is 16.0. The topological polar surface area (TPSA) is 0 Å². The van der Waals surface area contributed by atoms with Gasteiger partial charge in [0.1, 0.15) is 0 Å². The highest BCUT2D eigenvalue weighted by Gasteiger charge is 2.26. The van der Waals surface area contributed by atoms with Gasteiger partial charge >= 0.3 is 0 Å². The van der Waals surface area contributed by atoms with Crippen LogP contribution in [0, 0.1) is 22.7 Å². The van der Waals surface area contributed by atoms with Crippen molar-refractivity contribution >= 4 is 0 Å². The second kappa shape index (κ2) is 6.07. The zero-order valence-electron chi connectivity index (χ0n) is 13.0. The number of hydrogen-bond donors (Lipinski definition) is 0. The van der Waals surface area contributed by atoms with Gasteiger partial charge in [0.15, 0.2) is 0 Å². The van der Waals surface area contributed by atoms with Crippen LogP contribution in [0.1, 0.15) is 81.1 Å². The molecule has 0 saturated heterocycles. The van der Waals surface area contributed by atoms with Crippen LogP contribution in [0.15, 0.2) is 0 Å². The quantitative estimate of drug-likeness (QED) is 0.549. The molecule has 1 saturated carbocycles. The van der Waals surface area contributed by atoms with Crippen molar-refractivity contribution in [2.24, 2.45) is 22.7 Å². The molecule has 0 atom stereocenters. The zero-order chi connectivity index (χ0) is 13.0. The molecule has 0 aliphatic heterocycles. The number of hydrogen-bond acceptors (Lipinski definition) is 0. The van der Waals surface area contributed by atoms with Crippen molar-refractivity contribution in [2.45, 2.75) is 81.1 Å². The summed E-state index contributed by atoms with van der Waals surface area (Å²) in [6.07, 6.45) is 5.76. The zero-order valence-corrected chi connectivity index (χ0v) is 13.0. The Balaban J connectivity index is 0.000000281.